The Morgan fingerprint density at radius 3 is 1.94 bits per heavy atom. The minimum Gasteiger partial charge on any atom is -0.452 e. The van der Waals surface area contributed by atoms with Gasteiger partial charge in [-0.15, -0.1) is 0 Å². The summed E-state index contributed by atoms with van der Waals surface area (Å²) in [6.45, 7) is 5.89. The summed E-state index contributed by atoms with van der Waals surface area (Å²) < 4.78 is 9.34. The number of nitrogens with zero attached hydrogens (tertiary/aromatic N) is 1. The fourth-order valence-corrected chi connectivity index (χ4v) is 0.854. The first-order valence-corrected chi connectivity index (χ1v) is 4.75. The zero-order valence-corrected chi connectivity index (χ0v) is 10.2. The maximum Gasteiger partial charge on any atom is 0.420 e. The van der Waals surface area contributed by atoms with Gasteiger partial charge in [0.2, 0.25) is 0 Å². The minimum absolute atomic E-state index is 0.337. The van der Waals surface area contributed by atoms with E-state index in [2.05, 4.69) is 4.74 Å². The number of methoxy groups -OCH3 is 1. The fourth-order valence-electron chi connectivity index (χ4n) is 0.854. The Kier molecular flexibility index (Phi) is 4.94. The number of carbonyl (C=O) groups excluding carboxylic acids is 3. The second-order valence-corrected chi connectivity index (χ2v) is 4.24. The standard InChI is InChI=1S/C10H17NO5/c1-7(12)6-11(8(13)15-5)9(14)16-10(2,3)4/h6H2,1-5H3. The summed E-state index contributed by atoms with van der Waals surface area (Å²) in [6, 6.07) is 0. The molecule has 0 spiro atoms. The lowest BCUT2D eigenvalue weighted by atomic mass is 10.2. The molecule has 0 aliphatic carbocycles. The number of ether oxygens (including phenoxy) is 2. The molecule has 0 atom stereocenters. The average molecular weight is 231 g/mol. The Balaban J connectivity index is 4.70. The maximum atomic E-state index is 11.5. The van der Waals surface area contributed by atoms with Crippen molar-refractivity contribution in [2.24, 2.45) is 0 Å². The third-order valence-corrected chi connectivity index (χ3v) is 1.39. The second kappa shape index (κ2) is 5.48. The van der Waals surface area contributed by atoms with Gasteiger partial charge in [-0.05, 0) is 27.7 Å². The summed E-state index contributed by atoms with van der Waals surface area (Å²) in [7, 11) is 1.12. The molecular formula is C10H17NO5. The van der Waals surface area contributed by atoms with E-state index in [-0.39, 0.29) is 12.3 Å². The highest BCUT2D eigenvalue weighted by Crippen LogP contribution is 2.10. The van der Waals surface area contributed by atoms with Crippen molar-refractivity contribution in [3.63, 3.8) is 0 Å². The van der Waals surface area contributed by atoms with E-state index < -0.39 is 17.8 Å². The largest absolute Gasteiger partial charge is 0.452 e. The molecule has 0 heterocycles. The molecule has 0 radical (unpaired) electrons. The van der Waals surface area contributed by atoms with Gasteiger partial charge in [0.15, 0.2) is 0 Å². The number of ketones is 1. The van der Waals surface area contributed by atoms with E-state index in [1.54, 1.807) is 20.8 Å². The van der Waals surface area contributed by atoms with Gasteiger partial charge >= 0.3 is 12.2 Å². The summed E-state index contributed by atoms with van der Waals surface area (Å²) in [4.78, 5) is 34.3. The Morgan fingerprint density at radius 1 is 1.12 bits per heavy atom. The molecule has 16 heavy (non-hydrogen) atoms. The van der Waals surface area contributed by atoms with Crippen molar-refractivity contribution in [1.82, 2.24) is 4.90 Å². The third-order valence-electron chi connectivity index (χ3n) is 1.39. The predicted molar refractivity (Wildman–Crippen MR) is 56.0 cm³/mol. The highest BCUT2D eigenvalue weighted by Gasteiger charge is 2.28. The highest BCUT2D eigenvalue weighted by atomic mass is 16.6. The topological polar surface area (TPSA) is 72.9 Å². The van der Waals surface area contributed by atoms with Gasteiger partial charge in [-0.2, -0.15) is 0 Å². The van der Waals surface area contributed by atoms with E-state index in [9.17, 15) is 14.4 Å². The zero-order chi connectivity index (χ0) is 12.9. The normalized spacial score (nSPS) is 10.6. The summed E-state index contributed by atoms with van der Waals surface area (Å²) >= 11 is 0. The molecule has 0 bridgehead atoms. The molecule has 0 fully saturated rings. The molecule has 0 saturated heterocycles. The number of hydrogen-bond donors (Lipinski definition) is 0. The van der Waals surface area contributed by atoms with Crippen LogP contribution in [-0.2, 0) is 14.3 Å². The molecule has 0 N–H and O–H groups in total. The summed E-state index contributed by atoms with van der Waals surface area (Å²) in [5, 5.41) is 0. The van der Waals surface area contributed by atoms with Crippen LogP contribution >= 0.6 is 0 Å². The van der Waals surface area contributed by atoms with Gasteiger partial charge in [0.05, 0.1) is 13.7 Å². The van der Waals surface area contributed by atoms with Crippen LogP contribution in [0.2, 0.25) is 0 Å². The lowest BCUT2D eigenvalue weighted by Gasteiger charge is -2.24. The van der Waals surface area contributed by atoms with Crippen LogP contribution in [-0.4, -0.2) is 42.1 Å². The lowest BCUT2D eigenvalue weighted by molar-refractivity contribution is -0.117. The molecule has 6 heteroatoms. The van der Waals surface area contributed by atoms with Gasteiger partial charge < -0.3 is 9.47 Å². The van der Waals surface area contributed by atoms with Crippen LogP contribution in [0.4, 0.5) is 9.59 Å². The summed E-state index contributed by atoms with van der Waals surface area (Å²) in [5.74, 6) is -0.337. The van der Waals surface area contributed by atoms with Crippen LogP contribution in [0.25, 0.3) is 0 Å². The van der Waals surface area contributed by atoms with Gasteiger partial charge in [0, 0.05) is 0 Å². The van der Waals surface area contributed by atoms with E-state index in [4.69, 9.17) is 4.74 Å². The van der Waals surface area contributed by atoms with E-state index >= 15 is 0 Å². The van der Waals surface area contributed by atoms with Gasteiger partial charge in [-0.1, -0.05) is 0 Å². The van der Waals surface area contributed by atoms with Crippen LogP contribution in [0.15, 0.2) is 0 Å². The quantitative estimate of drug-likeness (QED) is 0.721. The molecule has 0 rings (SSSR count). The second-order valence-electron chi connectivity index (χ2n) is 4.24. The Labute approximate surface area is 94.5 Å². The first-order chi connectivity index (χ1) is 7.17. The van der Waals surface area contributed by atoms with E-state index in [1.165, 1.54) is 6.92 Å². The maximum absolute atomic E-state index is 11.5. The van der Waals surface area contributed by atoms with Crippen molar-refractivity contribution in [2.45, 2.75) is 33.3 Å². The zero-order valence-electron chi connectivity index (χ0n) is 10.2. The molecule has 0 saturated carbocycles. The number of Topliss-reactive ketones (excluding diaryl/α,β-unsaturated/α-hetero) is 1. The van der Waals surface area contributed by atoms with Gasteiger partial charge in [-0.25, -0.2) is 14.5 Å². The fraction of sp³-hybridized carbons (Fsp3) is 0.700. The lowest BCUT2D eigenvalue weighted by Crippen LogP contribution is -2.43. The van der Waals surface area contributed by atoms with Crippen molar-refractivity contribution in [3.05, 3.63) is 0 Å². The van der Waals surface area contributed by atoms with Crippen LogP contribution in [0.3, 0.4) is 0 Å². The van der Waals surface area contributed by atoms with Crippen LogP contribution in [0, 0.1) is 0 Å². The molecule has 2 amide bonds. The van der Waals surface area contributed by atoms with Crippen molar-refractivity contribution < 1.29 is 23.9 Å². The monoisotopic (exact) mass is 231 g/mol. The number of amides is 2. The van der Waals surface area contributed by atoms with Crippen molar-refractivity contribution >= 4 is 18.0 Å². The van der Waals surface area contributed by atoms with Gasteiger partial charge in [-0.3, -0.25) is 4.79 Å². The number of carbonyl (C=O) groups is 3. The van der Waals surface area contributed by atoms with Crippen LogP contribution < -0.4 is 0 Å². The Morgan fingerprint density at radius 2 is 1.62 bits per heavy atom. The van der Waals surface area contributed by atoms with Crippen molar-refractivity contribution in [1.29, 1.82) is 0 Å². The number of imide groups is 1. The Hall–Kier alpha value is -1.59. The molecule has 0 aromatic carbocycles. The summed E-state index contributed by atoms with van der Waals surface area (Å²) in [6.07, 6.45) is -1.81. The smallest absolute Gasteiger partial charge is 0.420 e. The van der Waals surface area contributed by atoms with Crippen LogP contribution in [0.1, 0.15) is 27.7 Å². The molecule has 0 unspecified atom stereocenters. The molecule has 0 aromatic rings. The predicted octanol–water partition coefficient (Wildman–Crippen LogP) is 1.58. The molecule has 6 nitrogen and oxygen atoms in total. The third kappa shape index (κ3) is 5.33. The number of hydrogen-bond acceptors (Lipinski definition) is 5. The van der Waals surface area contributed by atoms with Crippen molar-refractivity contribution in [3.8, 4) is 0 Å². The average Bonchev–Trinajstić information content (AvgIpc) is 2.09. The first kappa shape index (κ1) is 14.4. The van der Waals surface area contributed by atoms with Crippen LogP contribution in [0.5, 0.6) is 0 Å². The molecule has 92 valence electrons. The molecule has 0 aliphatic heterocycles. The molecular weight excluding hydrogens is 214 g/mol. The van der Waals surface area contributed by atoms with Gasteiger partial charge in [0.25, 0.3) is 0 Å². The van der Waals surface area contributed by atoms with E-state index in [0.717, 1.165) is 7.11 Å². The summed E-state index contributed by atoms with van der Waals surface area (Å²) in [5.41, 5.74) is -0.736. The molecule has 0 aromatic heterocycles. The first-order valence-electron chi connectivity index (χ1n) is 4.75. The van der Waals surface area contributed by atoms with E-state index in [1.807, 2.05) is 0 Å². The minimum atomic E-state index is -0.913. The van der Waals surface area contributed by atoms with E-state index in [0.29, 0.717) is 4.90 Å². The van der Waals surface area contributed by atoms with Crippen molar-refractivity contribution in [2.75, 3.05) is 13.7 Å². The number of rotatable bonds is 2. The SMILES string of the molecule is COC(=O)N(CC(C)=O)C(=O)OC(C)(C)C. The van der Waals surface area contributed by atoms with Gasteiger partial charge in [0.1, 0.15) is 11.4 Å². The molecule has 0 aliphatic rings. The Bertz CT molecular complexity index is 292. The highest BCUT2D eigenvalue weighted by molar-refractivity contribution is 5.93.